The van der Waals surface area contributed by atoms with Crippen molar-refractivity contribution in [2.75, 3.05) is 41.4 Å². The normalized spacial score (nSPS) is 18.0. The number of aliphatic hydroxyl groups excluding tert-OH is 1. The number of rotatable bonds is 8. The molecule has 7 nitrogen and oxygen atoms in total. The molecule has 0 unspecified atom stereocenters. The molecule has 2 aromatic carbocycles. The third-order valence-corrected chi connectivity index (χ3v) is 5.32. The minimum Gasteiger partial charge on any atom is -0.507 e. The highest BCUT2D eigenvalue weighted by atomic mass is 16.5. The van der Waals surface area contributed by atoms with E-state index >= 15 is 0 Å². The molecule has 0 saturated carbocycles. The third-order valence-electron chi connectivity index (χ3n) is 5.32. The lowest BCUT2D eigenvalue weighted by Gasteiger charge is -2.27. The van der Waals surface area contributed by atoms with Gasteiger partial charge in [-0.2, -0.15) is 0 Å². The Bertz CT molecular complexity index is 985. The van der Waals surface area contributed by atoms with Gasteiger partial charge < -0.3 is 24.4 Å². The second-order valence-corrected chi connectivity index (χ2v) is 7.60. The van der Waals surface area contributed by atoms with Crippen LogP contribution in [-0.2, 0) is 9.59 Å². The predicted octanol–water partition coefficient (Wildman–Crippen LogP) is 3.08. The summed E-state index contributed by atoms with van der Waals surface area (Å²) in [5, 5.41) is 11.1. The summed E-state index contributed by atoms with van der Waals surface area (Å²) in [7, 11) is 6.94. The van der Waals surface area contributed by atoms with Crippen LogP contribution in [0.15, 0.2) is 54.1 Å². The molecule has 1 N–H and O–H groups in total. The first-order chi connectivity index (χ1) is 14.9. The maximum atomic E-state index is 13.1. The van der Waals surface area contributed by atoms with Crippen LogP contribution >= 0.6 is 0 Å². The van der Waals surface area contributed by atoms with Crippen LogP contribution < -0.4 is 9.47 Å². The van der Waals surface area contributed by atoms with Gasteiger partial charge in [0.05, 0.1) is 25.8 Å². The second kappa shape index (κ2) is 9.66. The lowest BCUT2D eigenvalue weighted by molar-refractivity contribution is -0.140. The van der Waals surface area contributed by atoms with Gasteiger partial charge in [0.25, 0.3) is 11.7 Å². The maximum Gasteiger partial charge on any atom is 0.295 e. The topological polar surface area (TPSA) is 79.3 Å². The van der Waals surface area contributed by atoms with E-state index in [4.69, 9.17) is 9.47 Å². The zero-order valence-electron chi connectivity index (χ0n) is 18.3. The van der Waals surface area contributed by atoms with Gasteiger partial charge in [0.15, 0.2) is 11.5 Å². The Kier molecular flexibility index (Phi) is 6.97. The Balaban J connectivity index is 2.18. The van der Waals surface area contributed by atoms with E-state index in [0.717, 1.165) is 6.54 Å². The average Bonchev–Trinajstić information content (AvgIpc) is 3.03. The van der Waals surface area contributed by atoms with Gasteiger partial charge in [-0.1, -0.05) is 42.5 Å². The number of hydrogen-bond donors (Lipinski definition) is 1. The largest absolute Gasteiger partial charge is 0.507 e. The van der Waals surface area contributed by atoms with Gasteiger partial charge in [-0.3, -0.25) is 9.59 Å². The Morgan fingerprint density at radius 2 is 1.74 bits per heavy atom. The lowest BCUT2D eigenvalue weighted by Crippen LogP contribution is -2.32. The fourth-order valence-electron chi connectivity index (χ4n) is 3.87. The van der Waals surface area contributed by atoms with Gasteiger partial charge in [0.1, 0.15) is 5.76 Å². The molecule has 1 amide bonds. The Morgan fingerprint density at radius 3 is 2.35 bits per heavy atom. The van der Waals surface area contributed by atoms with Crippen molar-refractivity contribution in [3.8, 4) is 11.5 Å². The third kappa shape index (κ3) is 4.41. The molecule has 3 rings (SSSR count). The van der Waals surface area contributed by atoms with Crippen molar-refractivity contribution in [1.82, 2.24) is 9.80 Å². The van der Waals surface area contributed by atoms with Crippen LogP contribution in [0.3, 0.4) is 0 Å². The van der Waals surface area contributed by atoms with Gasteiger partial charge in [0.2, 0.25) is 0 Å². The zero-order valence-corrected chi connectivity index (χ0v) is 18.3. The molecule has 0 aliphatic carbocycles. The number of ether oxygens (including phenoxy) is 2. The monoisotopic (exact) mass is 424 g/mol. The number of aliphatic hydroxyl groups is 1. The molecule has 7 heteroatoms. The fourth-order valence-corrected chi connectivity index (χ4v) is 3.87. The number of likely N-dealkylation sites (tertiary alicyclic amines) is 1. The van der Waals surface area contributed by atoms with Crippen molar-refractivity contribution in [3.63, 3.8) is 0 Å². The maximum absolute atomic E-state index is 13.1. The lowest BCUT2D eigenvalue weighted by atomic mass is 9.94. The molecule has 1 fully saturated rings. The number of carbonyl (C=O) groups is 2. The Labute approximate surface area is 182 Å². The van der Waals surface area contributed by atoms with Crippen LogP contribution in [0, 0.1) is 0 Å². The molecule has 2 aromatic rings. The molecular weight excluding hydrogens is 396 g/mol. The van der Waals surface area contributed by atoms with Crippen molar-refractivity contribution < 1.29 is 24.2 Å². The number of methoxy groups -OCH3 is 2. The first kappa shape index (κ1) is 22.4. The van der Waals surface area contributed by atoms with Crippen LogP contribution in [0.2, 0.25) is 0 Å². The highest BCUT2D eigenvalue weighted by Gasteiger charge is 2.47. The summed E-state index contributed by atoms with van der Waals surface area (Å²) in [4.78, 5) is 29.6. The first-order valence-electron chi connectivity index (χ1n) is 10.1. The van der Waals surface area contributed by atoms with E-state index in [1.54, 1.807) is 42.5 Å². The predicted molar refractivity (Wildman–Crippen MR) is 118 cm³/mol. The quantitative estimate of drug-likeness (QED) is 0.399. The van der Waals surface area contributed by atoms with Gasteiger partial charge in [0, 0.05) is 17.7 Å². The summed E-state index contributed by atoms with van der Waals surface area (Å²) in [6, 6.07) is 13.3. The van der Waals surface area contributed by atoms with Crippen molar-refractivity contribution in [3.05, 3.63) is 65.2 Å². The molecule has 1 atom stereocenters. The molecule has 1 saturated heterocycles. The highest BCUT2D eigenvalue weighted by molar-refractivity contribution is 6.46. The minimum absolute atomic E-state index is 0.0487. The molecule has 0 bridgehead atoms. The fraction of sp³-hybridized carbons (Fsp3) is 0.333. The van der Waals surface area contributed by atoms with Crippen LogP contribution in [0.5, 0.6) is 11.5 Å². The number of Topliss-reactive ketones (excluding diaryl/α,β-unsaturated/α-hetero) is 1. The molecule has 0 radical (unpaired) electrons. The Morgan fingerprint density at radius 1 is 1.03 bits per heavy atom. The van der Waals surface area contributed by atoms with E-state index in [2.05, 4.69) is 0 Å². The van der Waals surface area contributed by atoms with E-state index < -0.39 is 17.7 Å². The van der Waals surface area contributed by atoms with E-state index in [9.17, 15) is 14.7 Å². The standard InChI is InChI=1S/C24H28N2O5/c1-25(2)14-9-15-26-20(17-12-8-13-18(30-3)23(17)31-4)19(22(28)24(26)29)21(27)16-10-6-5-7-11-16/h5-8,10-13,20,27H,9,14-15H2,1-4H3/b21-19+/t20-/m0/s1. The van der Waals surface area contributed by atoms with Crippen LogP contribution in [0.1, 0.15) is 23.6 Å². The zero-order chi connectivity index (χ0) is 22.5. The number of carbonyl (C=O) groups excluding carboxylic acids is 2. The molecule has 0 aromatic heterocycles. The number of para-hydroxylation sites is 1. The van der Waals surface area contributed by atoms with Gasteiger partial charge in [-0.25, -0.2) is 0 Å². The summed E-state index contributed by atoms with van der Waals surface area (Å²) in [6.45, 7) is 1.11. The van der Waals surface area contributed by atoms with Crippen molar-refractivity contribution in [1.29, 1.82) is 0 Å². The SMILES string of the molecule is COc1cccc([C@H]2/C(=C(\O)c3ccccc3)C(=O)C(=O)N2CCCN(C)C)c1OC. The van der Waals surface area contributed by atoms with E-state index in [1.165, 1.54) is 19.1 Å². The van der Waals surface area contributed by atoms with Gasteiger partial charge in [-0.05, 0) is 33.1 Å². The summed E-state index contributed by atoms with van der Waals surface area (Å²) >= 11 is 0. The number of nitrogens with zero attached hydrogens (tertiary/aromatic N) is 2. The van der Waals surface area contributed by atoms with Gasteiger partial charge >= 0.3 is 0 Å². The number of benzene rings is 2. The molecular formula is C24H28N2O5. The van der Waals surface area contributed by atoms with E-state index in [-0.39, 0.29) is 11.3 Å². The number of amides is 1. The van der Waals surface area contributed by atoms with Crippen LogP contribution in [-0.4, -0.2) is 68.0 Å². The van der Waals surface area contributed by atoms with Crippen LogP contribution in [0.4, 0.5) is 0 Å². The molecule has 1 aliphatic heterocycles. The smallest absolute Gasteiger partial charge is 0.295 e. The first-order valence-corrected chi connectivity index (χ1v) is 10.1. The highest BCUT2D eigenvalue weighted by Crippen LogP contribution is 2.45. The molecule has 0 spiro atoms. The van der Waals surface area contributed by atoms with Crippen molar-refractivity contribution in [2.24, 2.45) is 0 Å². The molecule has 1 aliphatic rings. The van der Waals surface area contributed by atoms with E-state index in [0.29, 0.717) is 35.6 Å². The van der Waals surface area contributed by atoms with Crippen LogP contribution in [0.25, 0.3) is 5.76 Å². The second-order valence-electron chi connectivity index (χ2n) is 7.60. The Hall–Kier alpha value is -3.32. The number of hydrogen-bond acceptors (Lipinski definition) is 6. The summed E-state index contributed by atoms with van der Waals surface area (Å²) < 4.78 is 11.0. The summed E-state index contributed by atoms with van der Waals surface area (Å²) in [5.41, 5.74) is 1.11. The minimum atomic E-state index is -0.785. The number of ketones is 1. The van der Waals surface area contributed by atoms with Gasteiger partial charge in [-0.15, -0.1) is 0 Å². The molecule has 1 heterocycles. The summed E-state index contributed by atoms with van der Waals surface area (Å²) in [5.74, 6) is -0.636. The van der Waals surface area contributed by atoms with E-state index in [1.807, 2.05) is 25.1 Å². The molecule has 31 heavy (non-hydrogen) atoms. The van der Waals surface area contributed by atoms with Crippen molar-refractivity contribution >= 4 is 17.4 Å². The average molecular weight is 424 g/mol. The van der Waals surface area contributed by atoms with Crippen molar-refractivity contribution in [2.45, 2.75) is 12.5 Å². The summed E-state index contributed by atoms with van der Waals surface area (Å²) in [6.07, 6.45) is 0.675. The molecule has 164 valence electrons.